The molecular weight excluding hydrogens is 395 g/mol. The Balaban J connectivity index is 1.45. The Kier molecular flexibility index (Phi) is 5.29. The van der Waals surface area contributed by atoms with Crippen LogP contribution >= 0.6 is 0 Å². The molecular formula is C19H21FN6O2S. The highest BCUT2D eigenvalue weighted by Gasteiger charge is 2.28. The number of rotatable bonds is 5. The zero-order valence-electron chi connectivity index (χ0n) is 15.9. The number of hydrogen-bond donors (Lipinski definition) is 0. The molecule has 0 saturated carbocycles. The van der Waals surface area contributed by atoms with Gasteiger partial charge < -0.3 is 4.90 Å². The summed E-state index contributed by atoms with van der Waals surface area (Å²) >= 11 is 0. The Hall–Kier alpha value is -2.85. The topological polar surface area (TPSA) is 84.2 Å². The number of imidazole rings is 1. The maximum Gasteiger partial charge on any atom is 0.218 e. The van der Waals surface area contributed by atoms with E-state index in [0.717, 1.165) is 11.6 Å². The van der Waals surface area contributed by atoms with Gasteiger partial charge in [-0.05, 0) is 24.6 Å². The van der Waals surface area contributed by atoms with Gasteiger partial charge in [-0.25, -0.2) is 27.8 Å². The zero-order chi connectivity index (χ0) is 20.4. The molecule has 4 rings (SSSR count). The third kappa shape index (κ3) is 4.43. The van der Waals surface area contributed by atoms with Crippen LogP contribution in [0.1, 0.15) is 11.4 Å². The van der Waals surface area contributed by atoms with Crippen LogP contribution in [0.5, 0.6) is 0 Å². The van der Waals surface area contributed by atoms with Crippen molar-refractivity contribution < 1.29 is 12.8 Å². The molecule has 0 spiro atoms. The Bertz CT molecular complexity index is 1080. The molecule has 0 unspecified atom stereocenters. The standard InChI is InChI=1S/C19H21FN6O2S/c1-15-22-18(12-19(23-15)25-7-6-21-14-25)24-8-10-26(11-9-24)29(27,28)13-16-2-4-17(20)5-3-16/h2-7,12,14H,8-11,13H2,1H3. The molecule has 1 fully saturated rings. The van der Waals surface area contributed by atoms with Crippen molar-refractivity contribution >= 4 is 15.8 Å². The van der Waals surface area contributed by atoms with E-state index in [2.05, 4.69) is 19.9 Å². The lowest BCUT2D eigenvalue weighted by Crippen LogP contribution is -2.49. The lowest BCUT2D eigenvalue weighted by atomic mass is 10.2. The predicted octanol–water partition coefficient (Wildman–Crippen LogP) is 1.76. The van der Waals surface area contributed by atoms with Crippen molar-refractivity contribution in [3.05, 3.63) is 66.3 Å². The average Bonchev–Trinajstić information content (AvgIpc) is 3.24. The fraction of sp³-hybridized carbons (Fsp3) is 0.316. The highest BCUT2D eigenvalue weighted by atomic mass is 32.2. The first-order chi connectivity index (χ1) is 13.9. The van der Waals surface area contributed by atoms with E-state index in [-0.39, 0.29) is 11.6 Å². The first-order valence-corrected chi connectivity index (χ1v) is 10.8. The normalized spacial score (nSPS) is 15.6. The highest BCUT2D eigenvalue weighted by Crippen LogP contribution is 2.20. The van der Waals surface area contributed by atoms with Gasteiger partial charge in [0.2, 0.25) is 10.0 Å². The molecule has 1 saturated heterocycles. The maximum atomic E-state index is 13.0. The second-order valence-electron chi connectivity index (χ2n) is 6.87. The third-order valence-electron chi connectivity index (χ3n) is 4.80. The number of halogens is 1. The molecule has 1 aliphatic heterocycles. The number of piperazine rings is 1. The van der Waals surface area contributed by atoms with Crippen molar-refractivity contribution in [2.75, 3.05) is 31.1 Å². The van der Waals surface area contributed by atoms with Crippen LogP contribution < -0.4 is 4.90 Å². The fourth-order valence-corrected chi connectivity index (χ4v) is 4.82. The van der Waals surface area contributed by atoms with Crippen molar-refractivity contribution in [1.29, 1.82) is 0 Å². The molecule has 8 nitrogen and oxygen atoms in total. The summed E-state index contributed by atoms with van der Waals surface area (Å²) in [4.78, 5) is 15.0. The van der Waals surface area contributed by atoms with Crippen LogP contribution in [-0.2, 0) is 15.8 Å². The summed E-state index contributed by atoms with van der Waals surface area (Å²) in [7, 11) is -3.47. The molecule has 1 aromatic carbocycles. The smallest absolute Gasteiger partial charge is 0.218 e. The van der Waals surface area contributed by atoms with E-state index in [9.17, 15) is 12.8 Å². The van der Waals surface area contributed by atoms with Gasteiger partial charge in [-0.3, -0.25) is 4.57 Å². The summed E-state index contributed by atoms with van der Waals surface area (Å²) in [5, 5.41) is 0. The molecule has 10 heteroatoms. The minimum Gasteiger partial charge on any atom is -0.354 e. The molecule has 0 atom stereocenters. The second kappa shape index (κ2) is 7.88. The number of aromatic nitrogens is 4. The van der Waals surface area contributed by atoms with Gasteiger partial charge in [0, 0.05) is 44.6 Å². The molecule has 152 valence electrons. The van der Waals surface area contributed by atoms with Gasteiger partial charge in [0.05, 0.1) is 5.75 Å². The van der Waals surface area contributed by atoms with Crippen molar-refractivity contribution in [3.63, 3.8) is 0 Å². The van der Waals surface area contributed by atoms with Crippen molar-refractivity contribution in [2.45, 2.75) is 12.7 Å². The summed E-state index contributed by atoms with van der Waals surface area (Å²) in [5.41, 5.74) is 0.574. The van der Waals surface area contributed by atoms with Crippen molar-refractivity contribution in [3.8, 4) is 5.82 Å². The number of anilines is 1. The maximum absolute atomic E-state index is 13.0. The highest BCUT2D eigenvalue weighted by molar-refractivity contribution is 7.88. The van der Waals surface area contributed by atoms with Crippen LogP contribution in [0.2, 0.25) is 0 Å². The number of benzene rings is 1. The molecule has 2 aromatic heterocycles. The van der Waals surface area contributed by atoms with Gasteiger partial charge in [0.1, 0.15) is 29.6 Å². The Morgan fingerprint density at radius 1 is 1.03 bits per heavy atom. The zero-order valence-corrected chi connectivity index (χ0v) is 16.8. The first-order valence-electron chi connectivity index (χ1n) is 9.22. The van der Waals surface area contributed by atoms with Gasteiger partial charge in [0.15, 0.2) is 0 Å². The SMILES string of the molecule is Cc1nc(N2CCN(S(=O)(=O)Cc3ccc(F)cc3)CC2)cc(-n2ccnc2)n1. The van der Waals surface area contributed by atoms with Crippen molar-refractivity contribution in [2.24, 2.45) is 0 Å². The van der Waals surface area contributed by atoms with Crippen LogP contribution in [-0.4, -0.2) is 58.4 Å². The van der Waals surface area contributed by atoms with E-state index in [1.165, 1.54) is 28.6 Å². The van der Waals surface area contributed by atoms with Gasteiger partial charge in [-0.15, -0.1) is 0 Å². The Labute approximate surface area is 168 Å². The summed E-state index contributed by atoms with van der Waals surface area (Å²) in [6.07, 6.45) is 5.17. The van der Waals surface area contributed by atoms with Crippen LogP contribution in [0.3, 0.4) is 0 Å². The molecule has 0 bridgehead atoms. The minimum absolute atomic E-state index is 0.134. The number of nitrogens with zero attached hydrogens (tertiary/aromatic N) is 6. The summed E-state index contributed by atoms with van der Waals surface area (Å²) in [6, 6.07) is 7.43. The van der Waals surface area contributed by atoms with Crippen LogP contribution in [0, 0.1) is 12.7 Å². The predicted molar refractivity (Wildman–Crippen MR) is 107 cm³/mol. The van der Waals surface area contributed by atoms with Crippen LogP contribution in [0.25, 0.3) is 5.82 Å². The summed E-state index contributed by atoms with van der Waals surface area (Å²) < 4.78 is 41.8. The molecule has 29 heavy (non-hydrogen) atoms. The molecule has 1 aliphatic rings. The monoisotopic (exact) mass is 416 g/mol. The molecule has 3 aromatic rings. The number of sulfonamides is 1. The molecule has 0 amide bonds. The van der Waals surface area contributed by atoms with E-state index in [1.54, 1.807) is 12.5 Å². The number of hydrogen-bond acceptors (Lipinski definition) is 6. The van der Waals surface area contributed by atoms with E-state index >= 15 is 0 Å². The van der Waals surface area contributed by atoms with E-state index < -0.39 is 10.0 Å². The summed E-state index contributed by atoms with van der Waals surface area (Å²) in [5.74, 6) is 1.60. The Morgan fingerprint density at radius 3 is 2.38 bits per heavy atom. The van der Waals surface area contributed by atoms with Gasteiger partial charge in [-0.2, -0.15) is 4.31 Å². The van der Waals surface area contributed by atoms with Crippen molar-refractivity contribution in [1.82, 2.24) is 23.8 Å². The van der Waals surface area contributed by atoms with E-state index in [4.69, 9.17) is 0 Å². The lowest BCUT2D eigenvalue weighted by molar-refractivity contribution is 0.383. The molecule has 0 aliphatic carbocycles. The van der Waals surface area contributed by atoms with Crippen LogP contribution in [0.15, 0.2) is 49.1 Å². The third-order valence-corrected chi connectivity index (χ3v) is 6.65. The van der Waals surface area contributed by atoms with Crippen LogP contribution in [0.4, 0.5) is 10.2 Å². The number of aryl methyl sites for hydroxylation is 1. The fourth-order valence-electron chi connectivity index (χ4n) is 3.30. The lowest BCUT2D eigenvalue weighted by Gasteiger charge is -2.34. The minimum atomic E-state index is -3.47. The van der Waals surface area contributed by atoms with Gasteiger partial charge in [0.25, 0.3) is 0 Å². The molecule has 0 N–H and O–H groups in total. The van der Waals surface area contributed by atoms with E-state index in [1.807, 2.05) is 23.8 Å². The summed E-state index contributed by atoms with van der Waals surface area (Å²) in [6.45, 7) is 3.62. The first kappa shape index (κ1) is 19.5. The largest absolute Gasteiger partial charge is 0.354 e. The van der Waals surface area contributed by atoms with Gasteiger partial charge >= 0.3 is 0 Å². The molecule has 3 heterocycles. The quantitative estimate of drug-likeness (QED) is 0.630. The second-order valence-corrected chi connectivity index (χ2v) is 8.84. The van der Waals surface area contributed by atoms with Gasteiger partial charge in [-0.1, -0.05) is 12.1 Å². The molecule has 0 radical (unpaired) electrons. The average molecular weight is 416 g/mol. The Morgan fingerprint density at radius 2 is 1.72 bits per heavy atom. The van der Waals surface area contributed by atoms with E-state index in [0.29, 0.717) is 37.6 Å².